The molecule has 0 spiro atoms. The van der Waals surface area contributed by atoms with Crippen LogP contribution >= 0.6 is 0 Å². The molecule has 4 fully saturated rings. The van der Waals surface area contributed by atoms with Gasteiger partial charge in [0.2, 0.25) is 5.91 Å². The maximum atomic E-state index is 16.2. The number of rotatable bonds is 15. The normalized spacial score (nSPS) is 34.9. The number of carbonyl (C=O) groups is 6. The average molecular weight is 994 g/mol. The number of amides is 1. The number of ether oxygens (including phenoxy) is 7. The molecule has 2 bridgehead atoms. The fraction of sp³-hybridized carbons (Fsp3) is 0.615. The number of carbonyl (C=O) groups excluding carboxylic acids is 6. The predicted octanol–water partition coefficient (Wildman–Crippen LogP) is 2.81. The predicted molar refractivity (Wildman–Crippen MR) is 247 cm³/mol. The zero-order chi connectivity index (χ0) is 52.0. The fourth-order valence-corrected chi connectivity index (χ4v) is 11.7. The first-order valence-corrected chi connectivity index (χ1v) is 24.2. The van der Waals surface area contributed by atoms with Crippen LogP contribution in [-0.4, -0.2) is 159 Å². The SMILES string of the molecule is CCCCCC(=O)N(C)C(c1ccccc1)C(O)C(=O)OC1CC2(O)C(OC(=O)c3ccccc3)C3C4(OC(C)=O)COC4CC(OC4OCC(O)C(O)C4O)C3(C)C(=O)C(OC(C)=O)C(=C1C)C2(C)C. The number of esters is 4. The Hall–Kier alpha value is -5.12. The molecule has 5 N–H and O–H groups in total. The van der Waals surface area contributed by atoms with Crippen molar-refractivity contribution in [1.29, 1.82) is 0 Å². The van der Waals surface area contributed by atoms with Gasteiger partial charge in [-0.25, -0.2) is 9.59 Å². The number of nitrogens with zero attached hydrogens (tertiary/aromatic N) is 1. The van der Waals surface area contributed by atoms with Crippen molar-refractivity contribution < 1.29 is 87.5 Å². The maximum absolute atomic E-state index is 16.2. The largest absolute Gasteiger partial charge is 0.456 e. The monoisotopic (exact) mass is 993 g/mol. The van der Waals surface area contributed by atoms with E-state index >= 15 is 4.79 Å². The molecule has 15 atom stereocenters. The maximum Gasteiger partial charge on any atom is 0.338 e. The third-order valence-corrected chi connectivity index (χ3v) is 15.6. The molecule has 2 saturated heterocycles. The van der Waals surface area contributed by atoms with Gasteiger partial charge in [-0.05, 0) is 49.1 Å². The van der Waals surface area contributed by atoms with Crippen LogP contribution in [0.1, 0.15) is 109 Å². The Morgan fingerprint density at radius 3 is 2.11 bits per heavy atom. The lowest BCUT2D eigenvalue weighted by Gasteiger charge is -2.68. The lowest BCUT2D eigenvalue weighted by molar-refractivity contribution is -0.366. The first-order valence-electron chi connectivity index (χ1n) is 24.2. The third kappa shape index (κ3) is 9.55. The van der Waals surface area contributed by atoms with E-state index in [0.29, 0.717) is 12.0 Å². The number of unbranched alkanes of at least 4 members (excludes halogenated alkanes) is 2. The van der Waals surface area contributed by atoms with Crippen molar-refractivity contribution >= 4 is 35.6 Å². The number of Topliss-reactive ketones (excluding diaryl/α,β-unsaturated/α-hetero) is 1. The summed E-state index contributed by atoms with van der Waals surface area (Å²) in [6.45, 7) is 9.32. The minimum Gasteiger partial charge on any atom is -0.456 e. The number of benzene rings is 2. The van der Waals surface area contributed by atoms with E-state index in [4.69, 9.17) is 33.2 Å². The molecule has 0 aromatic heterocycles. The van der Waals surface area contributed by atoms with Crippen LogP contribution < -0.4 is 0 Å². The van der Waals surface area contributed by atoms with Crippen LogP contribution in [0.3, 0.4) is 0 Å². The Morgan fingerprint density at radius 1 is 0.873 bits per heavy atom. The molecular formula is C52H67NO18. The van der Waals surface area contributed by atoms with Crippen LogP contribution in [0, 0.1) is 16.7 Å². The molecule has 3 aliphatic carbocycles. The van der Waals surface area contributed by atoms with Crippen LogP contribution in [-0.2, 0) is 57.1 Å². The highest BCUT2D eigenvalue weighted by Crippen LogP contribution is 2.65. The van der Waals surface area contributed by atoms with Gasteiger partial charge in [-0.15, -0.1) is 0 Å². The lowest BCUT2D eigenvalue weighted by Crippen LogP contribution is -2.82. The van der Waals surface area contributed by atoms with Gasteiger partial charge in [-0.1, -0.05) is 82.1 Å². The van der Waals surface area contributed by atoms with Gasteiger partial charge in [0.25, 0.3) is 0 Å². The molecule has 2 aromatic rings. The summed E-state index contributed by atoms with van der Waals surface area (Å²) in [6, 6.07) is 14.9. The summed E-state index contributed by atoms with van der Waals surface area (Å²) < 4.78 is 43.2. The van der Waals surface area contributed by atoms with E-state index in [9.17, 15) is 49.5 Å². The van der Waals surface area contributed by atoms with Crippen LogP contribution in [0.15, 0.2) is 71.8 Å². The van der Waals surface area contributed by atoms with E-state index in [-0.39, 0.29) is 35.5 Å². The van der Waals surface area contributed by atoms with Crippen molar-refractivity contribution in [2.45, 2.75) is 165 Å². The first-order chi connectivity index (χ1) is 33.5. The van der Waals surface area contributed by atoms with Gasteiger partial charge in [0, 0.05) is 45.6 Å². The highest BCUT2D eigenvalue weighted by atomic mass is 16.7. The number of ketones is 1. The molecule has 5 aliphatic rings. The third-order valence-electron chi connectivity index (χ3n) is 15.6. The summed E-state index contributed by atoms with van der Waals surface area (Å²) in [5.41, 5.74) is -7.80. The molecule has 2 aromatic carbocycles. The number of hydrogen-bond donors (Lipinski definition) is 5. The molecule has 15 unspecified atom stereocenters. The first kappa shape index (κ1) is 53.7. The highest BCUT2D eigenvalue weighted by Gasteiger charge is 2.79. The molecule has 0 radical (unpaired) electrons. The Morgan fingerprint density at radius 2 is 1.52 bits per heavy atom. The summed E-state index contributed by atoms with van der Waals surface area (Å²) in [4.78, 5) is 87.0. The van der Waals surface area contributed by atoms with Crippen molar-refractivity contribution in [3.63, 3.8) is 0 Å². The van der Waals surface area contributed by atoms with E-state index in [1.54, 1.807) is 62.4 Å². The number of aliphatic hydroxyl groups excluding tert-OH is 4. The summed E-state index contributed by atoms with van der Waals surface area (Å²) in [5, 5.41) is 58.3. The molecular weight excluding hydrogens is 927 g/mol. The minimum atomic E-state index is -2.49. The highest BCUT2D eigenvalue weighted by molar-refractivity contribution is 5.95. The zero-order valence-corrected chi connectivity index (χ0v) is 41.3. The molecule has 388 valence electrons. The number of aliphatic hydroxyl groups is 5. The second kappa shape index (κ2) is 20.8. The van der Waals surface area contributed by atoms with E-state index in [1.165, 1.54) is 37.9 Å². The Kier molecular flexibility index (Phi) is 15.7. The van der Waals surface area contributed by atoms with Gasteiger partial charge in [0.15, 0.2) is 29.9 Å². The van der Waals surface area contributed by atoms with Crippen molar-refractivity contribution in [3.05, 3.63) is 82.9 Å². The average Bonchev–Trinajstić information content (AvgIpc) is 3.32. The van der Waals surface area contributed by atoms with E-state index in [1.807, 2.05) is 6.92 Å². The Labute approximate surface area is 412 Å². The van der Waals surface area contributed by atoms with Crippen LogP contribution in [0.25, 0.3) is 0 Å². The van der Waals surface area contributed by atoms with Gasteiger partial charge in [0.1, 0.15) is 42.2 Å². The van der Waals surface area contributed by atoms with Crippen LogP contribution in [0.2, 0.25) is 0 Å². The number of hydrogen-bond acceptors (Lipinski definition) is 18. The molecule has 19 nitrogen and oxygen atoms in total. The van der Waals surface area contributed by atoms with Crippen molar-refractivity contribution in [2.24, 2.45) is 16.7 Å². The van der Waals surface area contributed by atoms with Gasteiger partial charge >= 0.3 is 23.9 Å². The standard InChI is InChI=1S/C52H67NO18/c1-9-10-13-22-36(57)53(8)38(30-18-14-11-15-19-30)40(59)47(63)68-33-24-52(64)45(70-46(62)31-20-16-12-17-21-31)43-50(7,44(61)42(67-28(3)54)37(27(33)2)49(52,5)6)34(23-35-51(43,26-66-35)71-29(4)55)69-48-41(60)39(58)32(56)25-65-48/h11-12,14-21,32-35,38-43,45,48,56,58-60,64H,9-10,13,22-26H2,1-8H3. The summed E-state index contributed by atoms with van der Waals surface area (Å²) >= 11 is 0. The second-order valence-electron chi connectivity index (χ2n) is 20.3. The molecule has 71 heavy (non-hydrogen) atoms. The Bertz CT molecular complexity index is 2360. The van der Waals surface area contributed by atoms with Gasteiger partial charge in [-0.3, -0.25) is 19.2 Å². The second-order valence-corrected chi connectivity index (χ2v) is 20.3. The lowest BCUT2D eigenvalue weighted by atomic mass is 9.44. The van der Waals surface area contributed by atoms with E-state index in [2.05, 4.69) is 0 Å². The van der Waals surface area contributed by atoms with E-state index < -0.39 is 145 Å². The summed E-state index contributed by atoms with van der Waals surface area (Å²) in [5.74, 6) is -6.91. The van der Waals surface area contributed by atoms with Crippen molar-refractivity contribution in [3.8, 4) is 0 Å². The van der Waals surface area contributed by atoms with Crippen LogP contribution in [0.4, 0.5) is 0 Å². The molecule has 2 heterocycles. The molecule has 1 amide bonds. The summed E-state index contributed by atoms with van der Waals surface area (Å²) in [7, 11) is 1.47. The molecule has 7 rings (SSSR count). The van der Waals surface area contributed by atoms with Gasteiger partial charge < -0.3 is 63.6 Å². The van der Waals surface area contributed by atoms with Gasteiger partial charge in [-0.2, -0.15) is 0 Å². The van der Waals surface area contributed by atoms with E-state index in [0.717, 1.165) is 26.7 Å². The van der Waals surface area contributed by atoms with Crippen molar-refractivity contribution in [2.75, 3.05) is 20.3 Å². The molecule has 19 heteroatoms. The molecule has 2 aliphatic heterocycles. The minimum absolute atomic E-state index is 0.0220. The topological polar surface area (TPSA) is 271 Å². The fourth-order valence-electron chi connectivity index (χ4n) is 11.7. The van der Waals surface area contributed by atoms with Crippen LogP contribution in [0.5, 0.6) is 0 Å². The van der Waals surface area contributed by atoms with Gasteiger partial charge in [0.05, 0.1) is 42.3 Å². The quantitative estimate of drug-likeness (QED) is 0.0743. The smallest absolute Gasteiger partial charge is 0.338 e. The Balaban J connectivity index is 1.43. The molecule has 2 saturated carbocycles. The summed E-state index contributed by atoms with van der Waals surface area (Å²) in [6.07, 6.45) is -15.4. The zero-order valence-electron chi connectivity index (χ0n) is 41.3. The number of fused-ring (bicyclic) bond motifs is 5. The number of likely N-dealkylation sites (N-methyl/N-ethyl adjacent to an activating group) is 1. The van der Waals surface area contributed by atoms with Crippen molar-refractivity contribution in [1.82, 2.24) is 4.90 Å².